The van der Waals surface area contributed by atoms with Gasteiger partial charge in [0.2, 0.25) is 11.8 Å². The Balaban J connectivity index is 1.61. The fourth-order valence-corrected chi connectivity index (χ4v) is 6.02. The predicted octanol–water partition coefficient (Wildman–Crippen LogP) is 3.08. The maximum absolute atomic E-state index is 14.0. The highest BCUT2D eigenvalue weighted by molar-refractivity contribution is 5.90. The van der Waals surface area contributed by atoms with E-state index in [4.69, 9.17) is 4.74 Å². The number of benzene rings is 1. The first-order valence-corrected chi connectivity index (χ1v) is 13.2. The Morgan fingerprint density at radius 3 is 2.42 bits per heavy atom. The van der Waals surface area contributed by atoms with E-state index in [-0.39, 0.29) is 35.8 Å². The molecule has 0 radical (unpaired) electrons. The summed E-state index contributed by atoms with van der Waals surface area (Å²) in [5.41, 5.74) is -0.502. The van der Waals surface area contributed by atoms with E-state index in [1.165, 1.54) is 18.9 Å². The lowest BCUT2D eigenvalue weighted by Gasteiger charge is -2.37. The summed E-state index contributed by atoms with van der Waals surface area (Å²) in [5, 5.41) is 5.90. The highest BCUT2D eigenvalue weighted by atomic mass is 19.2. The van der Waals surface area contributed by atoms with Crippen LogP contribution in [0.25, 0.3) is 0 Å². The lowest BCUT2D eigenvalue weighted by atomic mass is 9.85. The molecule has 0 bridgehead atoms. The number of halogens is 2. The normalized spacial score (nSPS) is 26.6. The Bertz CT molecular complexity index is 963. The molecule has 1 saturated carbocycles. The van der Waals surface area contributed by atoms with Gasteiger partial charge >= 0.3 is 0 Å². The quantitative estimate of drug-likeness (QED) is 0.595. The number of hydrogen-bond donors (Lipinski definition) is 2. The molecular weight excluding hydrogens is 466 g/mol. The van der Waals surface area contributed by atoms with Crippen LogP contribution in [-0.2, 0) is 9.59 Å². The Labute approximate surface area is 212 Å². The van der Waals surface area contributed by atoms with Gasteiger partial charge in [-0.2, -0.15) is 0 Å². The minimum Gasteiger partial charge on any atom is -0.487 e. The number of nitrogens with zero attached hydrogens (tertiary/aromatic N) is 2. The summed E-state index contributed by atoms with van der Waals surface area (Å²) in [6, 6.07) is 2.80. The third kappa shape index (κ3) is 5.37. The van der Waals surface area contributed by atoms with Gasteiger partial charge in [0.15, 0.2) is 11.6 Å². The van der Waals surface area contributed by atoms with Crippen LogP contribution in [0.3, 0.4) is 0 Å². The molecule has 1 aromatic carbocycles. The van der Waals surface area contributed by atoms with E-state index >= 15 is 0 Å². The lowest BCUT2D eigenvalue weighted by molar-refractivity contribution is -0.141. The van der Waals surface area contributed by atoms with Crippen molar-refractivity contribution >= 4 is 11.8 Å². The third-order valence-electron chi connectivity index (χ3n) is 8.10. The minimum absolute atomic E-state index is 0.126. The van der Waals surface area contributed by atoms with Gasteiger partial charge < -0.3 is 20.3 Å². The van der Waals surface area contributed by atoms with Gasteiger partial charge in [-0.1, -0.05) is 33.6 Å². The molecule has 0 spiro atoms. The molecule has 4 rings (SSSR count). The average Bonchev–Trinajstić information content (AvgIpc) is 3.56. The van der Waals surface area contributed by atoms with E-state index in [0.29, 0.717) is 19.1 Å². The molecule has 3 aliphatic rings. The fraction of sp³-hybridized carbons (Fsp3) is 0.704. The number of carbonyl (C=O) groups excluding carboxylic acids is 2. The van der Waals surface area contributed by atoms with Crippen molar-refractivity contribution in [2.75, 3.05) is 20.1 Å². The van der Waals surface area contributed by atoms with Crippen molar-refractivity contribution in [3.05, 3.63) is 29.8 Å². The third-order valence-corrected chi connectivity index (χ3v) is 8.10. The summed E-state index contributed by atoms with van der Waals surface area (Å²) in [4.78, 5) is 31.1. The molecule has 1 unspecified atom stereocenters. The summed E-state index contributed by atoms with van der Waals surface area (Å²) in [5.74, 6) is -1.97. The fourth-order valence-electron chi connectivity index (χ4n) is 6.02. The topological polar surface area (TPSA) is 73.9 Å². The smallest absolute Gasteiger partial charge is 0.246 e. The second kappa shape index (κ2) is 10.6. The number of likely N-dealkylation sites (N-methyl/N-ethyl adjacent to an activating group) is 1. The molecule has 9 heteroatoms. The van der Waals surface area contributed by atoms with E-state index in [1.54, 1.807) is 14.0 Å². The van der Waals surface area contributed by atoms with Crippen LogP contribution in [-0.4, -0.2) is 78.1 Å². The van der Waals surface area contributed by atoms with Crippen molar-refractivity contribution in [3.63, 3.8) is 0 Å². The molecule has 0 aromatic heterocycles. The van der Waals surface area contributed by atoms with Crippen LogP contribution in [0.5, 0.6) is 5.75 Å². The van der Waals surface area contributed by atoms with Gasteiger partial charge in [0.1, 0.15) is 17.9 Å². The summed E-state index contributed by atoms with van der Waals surface area (Å²) >= 11 is 0. The van der Waals surface area contributed by atoms with Crippen molar-refractivity contribution in [2.45, 2.75) is 96.1 Å². The number of rotatable bonds is 7. The van der Waals surface area contributed by atoms with Crippen LogP contribution in [0, 0.1) is 17.0 Å². The molecular formula is C27H40F2N4O3. The van der Waals surface area contributed by atoms with E-state index in [9.17, 15) is 18.4 Å². The second-order valence-electron chi connectivity index (χ2n) is 11.6. The monoisotopic (exact) mass is 506 g/mol. The van der Waals surface area contributed by atoms with Gasteiger partial charge in [0.25, 0.3) is 0 Å². The second-order valence-corrected chi connectivity index (χ2v) is 11.6. The zero-order chi connectivity index (χ0) is 26.2. The van der Waals surface area contributed by atoms with Crippen LogP contribution in [0.15, 0.2) is 18.2 Å². The Morgan fingerprint density at radius 2 is 1.81 bits per heavy atom. The summed E-state index contributed by atoms with van der Waals surface area (Å²) in [6.45, 7) is 8.80. The van der Waals surface area contributed by atoms with Crippen molar-refractivity contribution in [1.29, 1.82) is 0 Å². The van der Waals surface area contributed by atoms with Crippen LogP contribution < -0.4 is 15.4 Å². The predicted molar refractivity (Wildman–Crippen MR) is 134 cm³/mol. The number of carbonyl (C=O) groups is 2. The van der Waals surface area contributed by atoms with Gasteiger partial charge in [-0.05, 0) is 50.8 Å². The maximum Gasteiger partial charge on any atom is 0.246 e. The summed E-state index contributed by atoms with van der Waals surface area (Å²) < 4.78 is 33.7. The summed E-state index contributed by atoms with van der Waals surface area (Å²) in [7, 11) is 1.71. The van der Waals surface area contributed by atoms with Crippen LogP contribution >= 0.6 is 0 Å². The molecule has 200 valence electrons. The molecule has 1 aliphatic carbocycles. The first-order chi connectivity index (χ1) is 17.0. The molecule has 3 fully saturated rings. The Morgan fingerprint density at radius 1 is 1.11 bits per heavy atom. The number of fused-ring (bicyclic) bond motifs is 1. The zero-order valence-corrected chi connectivity index (χ0v) is 22.0. The van der Waals surface area contributed by atoms with E-state index < -0.39 is 29.1 Å². The highest BCUT2D eigenvalue weighted by Crippen LogP contribution is 2.40. The SMILES string of the molecule is CN[C@@H](C)C(=O)NC(C(=O)N1CC[C@@H]2[C@H]1[C@@H](Oc1ccc(F)c(F)c1)CN2C1CCCC1)C(C)(C)C. The molecule has 2 saturated heterocycles. The van der Waals surface area contributed by atoms with Gasteiger partial charge in [0, 0.05) is 31.2 Å². The van der Waals surface area contributed by atoms with Gasteiger partial charge in [-0.25, -0.2) is 8.78 Å². The largest absolute Gasteiger partial charge is 0.487 e. The van der Waals surface area contributed by atoms with Crippen LogP contribution in [0.2, 0.25) is 0 Å². The van der Waals surface area contributed by atoms with Crippen molar-refractivity contribution in [3.8, 4) is 5.75 Å². The molecule has 1 aromatic rings. The highest BCUT2D eigenvalue weighted by Gasteiger charge is 2.54. The number of ether oxygens (including phenoxy) is 1. The molecule has 2 amide bonds. The van der Waals surface area contributed by atoms with Gasteiger partial charge in [-0.15, -0.1) is 0 Å². The van der Waals surface area contributed by atoms with Crippen LogP contribution in [0.1, 0.15) is 59.8 Å². The molecule has 7 nitrogen and oxygen atoms in total. The number of nitrogens with one attached hydrogen (secondary N) is 2. The Kier molecular flexibility index (Phi) is 7.90. The standard InChI is InChI=1S/C27H40F2N4O3/c1-16(30-5)25(34)31-24(27(2,3)4)26(35)32-13-12-21-23(32)22(15-33(21)17-8-6-7-9-17)36-18-10-11-19(28)20(29)14-18/h10-11,14,16-17,21-24,30H,6-9,12-13,15H2,1-5H3,(H,31,34)/t16-,21+,22-,23-,24?/m0/s1. The number of hydrogen-bond acceptors (Lipinski definition) is 5. The Hall–Kier alpha value is -2.26. The number of amides is 2. The van der Waals surface area contributed by atoms with Crippen molar-refractivity contribution in [2.24, 2.45) is 5.41 Å². The average molecular weight is 507 g/mol. The molecule has 36 heavy (non-hydrogen) atoms. The molecule has 5 atom stereocenters. The molecule has 2 N–H and O–H groups in total. The van der Waals surface area contributed by atoms with Gasteiger partial charge in [0.05, 0.1) is 12.1 Å². The van der Waals surface area contributed by atoms with E-state index in [1.807, 2.05) is 25.7 Å². The van der Waals surface area contributed by atoms with Crippen LogP contribution in [0.4, 0.5) is 8.78 Å². The van der Waals surface area contributed by atoms with Gasteiger partial charge in [-0.3, -0.25) is 14.5 Å². The first-order valence-electron chi connectivity index (χ1n) is 13.2. The summed E-state index contributed by atoms with van der Waals surface area (Å²) in [6.07, 6.45) is 5.08. The lowest BCUT2D eigenvalue weighted by Crippen LogP contribution is -2.59. The van der Waals surface area contributed by atoms with E-state index in [2.05, 4.69) is 15.5 Å². The molecule has 2 aliphatic heterocycles. The number of likely N-dealkylation sites (tertiary alicyclic amines) is 2. The maximum atomic E-state index is 14.0. The van der Waals surface area contributed by atoms with Crippen molar-refractivity contribution in [1.82, 2.24) is 20.4 Å². The zero-order valence-electron chi connectivity index (χ0n) is 22.0. The van der Waals surface area contributed by atoms with E-state index in [0.717, 1.165) is 31.4 Å². The first kappa shape index (κ1) is 26.8. The molecule has 2 heterocycles. The van der Waals surface area contributed by atoms with Crippen molar-refractivity contribution < 1.29 is 23.1 Å². The minimum atomic E-state index is -0.955.